The largest absolute Gasteiger partial charge is 0.508 e. The molecule has 1 aliphatic heterocycles. The van der Waals surface area contributed by atoms with Crippen LogP contribution in [0.1, 0.15) is 76.0 Å². The molecule has 3 amide bonds. The van der Waals surface area contributed by atoms with Crippen LogP contribution < -0.4 is 31.8 Å². The lowest BCUT2D eigenvalue weighted by Crippen LogP contribution is -2.49. The monoisotopic (exact) mass is 968 g/mol. The van der Waals surface area contributed by atoms with Crippen LogP contribution in [0.3, 0.4) is 0 Å². The van der Waals surface area contributed by atoms with Crippen molar-refractivity contribution in [3.8, 4) is 39.7 Å². The van der Waals surface area contributed by atoms with E-state index in [1.165, 1.54) is 43.3 Å². The molecule has 0 aromatic heterocycles. The predicted molar refractivity (Wildman–Crippen MR) is 269 cm³/mol. The van der Waals surface area contributed by atoms with Gasteiger partial charge in [0, 0.05) is 90.0 Å². The van der Waals surface area contributed by atoms with Gasteiger partial charge in [0.15, 0.2) is 11.2 Å². The minimum atomic E-state index is -0.951. The lowest BCUT2D eigenvalue weighted by atomic mass is 9.86. The second-order valence-corrected chi connectivity index (χ2v) is 18.0. The zero-order valence-electron chi connectivity index (χ0n) is 39.1. The first kappa shape index (κ1) is 51.7. The molecule has 0 saturated carbocycles. The van der Waals surface area contributed by atoms with Gasteiger partial charge >= 0.3 is 0 Å². The molecule has 2 aliphatic rings. The van der Waals surface area contributed by atoms with Crippen LogP contribution in [0.5, 0.6) is 17.2 Å². The number of fused-ring (bicyclic) bond motifs is 2. The average Bonchev–Trinajstić information content (AvgIpc) is 3.32. The zero-order chi connectivity index (χ0) is 50.5. The van der Waals surface area contributed by atoms with E-state index in [1.54, 1.807) is 42.5 Å². The van der Waals surface area contributed by atoms with Gasteiger partial charge in [-0.2, -0.15) is 0 Å². The molecule has 1 aliphatic carbocycles. The number of benzene rings is 5. The van der Waals surface area contributed by atoms with Crippen molar-refractivity contribution in [3.63, 3.8) is 0 Å². The third-order valence-corrected chi connectivity index (χ3v) is 12.6. The summed E-state index contributed by atoms with van der Waals surface area (Å²) in [5.41, 5.74) is 10.4. The number of hydrogen-bond donors (Lipinski definition) is 6. The molecule has 15 nitrogen and oxygen atoms in total. The normalized spacial score (nSPS) is 12.8. The SMILES string of the molecule is CCC(C)[C@H](NC(=O)[C@@H](CC(C)=O)Cc1ccc(O)cc1)C(=O)C[C@@H](CCC(N)=O)C(=O)NCc1ccc(CCC(=S)Nc2ccc(-c3c4ccc(=O)cc-4oc4cc(O)ccc34)c(OC=O)c2)cc1. The molecule has 7 N–H and O–H groups in total. The van der Waals surface area contributed by atoms with Crippen molar-refractivity contribution in [2.24, 2.45) is 23.5 Å². The summed E-state index contributed by atoms with van der Waals surface area (Å²) in [7, 11) is 0. The molecule has 364 valence electrons. The van der Waals surface area contributed by atoms with Gasteiger partial charge in [-0.3, -0.25) is 28.8 Å². The highest BCUT2D eigenvalue weighted by molar-refractivity contribution is 7.80. The number of phenols is 2. The van der Waals surface area contributed by atoms with Crippen molar-refractivity contribution in [2.45, 2.75) is 84.7 Å². The third-order valence-electron chi connectivity index (χ3n) is 12.3. The summed E-state index contributed by atoms with van der Waals surface area (Å²) in [6.07, 6.45) is 1.40. The number of thiocarbonyl (C=S) groups is 1. The molecule has 1 heterocycles. The van der Waals surface area contributed by atoms with Crippen LogP contribution in [0.4, 0.5) is 5.69 Å². The number of aromatic hydroxyl groups is 2. The number of hydrogen-bond acceptors (Lipinski definition) is 12. The van der Waals surface area contributed by atoms with E-state index in [-0.39, 0.29) is 78.8 Å². The van der Waals surface area contributed by atoms with E-state index < -0.39 is 35.6 Å². The highest BCUT2D eigenvalue weighted by Crippen LogP contribution is 2.44. The molecule has 4 atom stereocenters. The molecular formula is C54H56N4O11S. The molecule has 1 unspecified atom stereocenters. The molecule has 0 radical (unpaired) electrons. The Morgan fingerprint density at radius 2 is 1.49 bits per heavy atom. The summed E-state index contributed by atoms with van der Waals surface area (Å²) >= 11 is 5.69. The number of Topliss-reactive ketones (excluding diaryl/α,β-unsaturated/α-hetero) is 2. The van der Waals surface area contributed by atoms with E-state index in [2.05, 4.69) is 16.0 Å². The minimum Gasteiger partial charge on any atom is -0.508 e. The molecule has 4 aromatic carbocycles. The summed E-state index contributed by atoms with van der Waals surface area (Å²) in [4.78, 5) is 89.7. The van der Waals surface area contributed by atoms with Gasteiger partial charge in [-0.1, -0.05) is 68.9 Å². The van der Waals surface area contributed by atoms with E-state index in [1.807, 2.05) is 38.1 Å². The second kappa shape index (κ2) is 24.0. The molecule has 0 spiro atoms. The first-order valence-corrected chi connectivity index (χ1v) is 23.4. The van der Waals surface area contributed by atoms with Crippen molar-refractivity contribution >= 4 is 69.6 Å². The Balaban J connectivity index is 1.06. The molecular weight excluding hydrogens is 913 g/mol. The molecule has 0 fully saturated rings. The highest BCUT2D eigenvalue weighted by atomic mass is 32.1. The van der Waals surface area contributed by atoms with Gasteiger partial charge in [0.1, 0.15) is 34.4 Å². The Hall–Kier alpha value is -7.72. The van der Waals surface area contributed by atoms with Gasteiger partial charge in [0.25, 0.3) is 6.47 Å². The van der Waals surface area contributed by atoms with Crippen molar-refractivity contribution in [3.05, 3.63) is 130 Å². The van der Waals surface area contributed by atoms with Crippen molar-refractivity contribution in [1.82, 2.24) is 10.6 Å². The van der Waals surface area contributed by atoms with E-state index in [4.69, 9.17) is 27.1 Å². The number of ketones is 2. The fourth-order valence-corrected chi connectivity index (χ4v) is 8.54. The summed E-state index contributed by atoms with van der Waals surface area (Å²) in [5.74, 6) is -3.52. The summed E-state index contributed by atoms with van der Waals surface area (Å²) in [6.45, 7) is 5.56. The van der Waals surface area contributed by atoms with Gasteiger partial charge < -0.3 is 45.8 Å². The number of carbonyl (C=O) groups excluding carboxylic acids is 6. The van der Waals surface area contributed by atoms with E-state index >= 15 is 0 Å². The summed E-state index contributed by atoms with van der Waals surface area (Å²) in [6, 6.07) is 27.2. The van der Waals surface area contributed by atoms with Crippen LogP contribution in [0.25, 0.3) is 33.4 Å². The fourth-order valence-electron chi connectivity index (χ4n) is 8.32. The van der Waals surface area contributed by atoms with Gasteiger partial charge in [-0.05, 0) is 97.3 Å². The maximum absolute atomic E-state index is 14.0. The predicted octanol–water partition coefficient (Wildman–Crippen LogP) is 7.71. The van der Waals surface area contributed by atoms with Gasteiger partial charge in [-0.15, -0.1) is 0 Å². The maximum Gasteiger partial charge on any atom is 0.298 e. The van der Waals surface area contributed by atoms with E-state index in [9.17, 15) is 43.8 Å². The van der Waals surface area contributed by atoms with Crippen LogP contribution in [0.2, 0.25) is 0 Å². The lowest BCUT2D eigenvalue weighted by molar-refractivity contribution is -0.135. The number of amides is 3. The topological polar surface area (TPSA) is 244 Å². The molecule has 0 bridgehead atoms. The maximum atomic E-state index is 14.0. The Morgan fingerprint density at radius 1 is 0.800 bits per heavy atom. The number of primary amides is 1. The summed E-state index contributed by atoms with van der Waals surface area (Å²) < 4.78 is 11.4. The first-order valence-electron chi connectivity index (χ1n) is 23.0. The fraction of sp³-hybridized carbons (Fsp3) is 0.296. The van der Waals surface area contributed by atoms with Gasteiger partial charge in [0.05, 0.1) is 11.0 Å². The van der Waals surface area contributed by atoms with E-state index in [0.29, 0.717) is 69.8 Å². The number of phenolic OH excluding ortho intramolecular Hbond substituents is 2. The van der Waals surface area contributed by atoms with Crippen molar-refractivity contribution < 1.29 is 48.1 Å². The highest BCUT2D eigenvalue weighted by Gasteiger charge is 2.33. The Morgan fingerprint density at radius 3 is 2.17 bits per heavy atom. The zero-order valence-corrected chi connectivity index (χ0v) is 39.9. The third kappa shape index (κ3) is 13.9. The van der Waals surface area contributed by atoms with Crippen LogP contribution in [0.15, 0.2) is 112 Å². The number of carbonyl (C=O) groups is 6. The van der Waals surface area contributed by atoms with Gasteiger partial charge in [-0.25, -0.2) is 0 Å². The Labute approximate surface area is 410 Å². The standard InChI is InChI=1S/C54H56N4O11S/c1-4-31(2)52(58-54(67)37(23-32(3)60)24-34-9-14-39(61)15-10-34)45(64)25-36(12-21-49(55)65)53(66)56-29-35-7-5-33(6-8-35)11-22-50(70)57-38-13-18-42(46(26-38)68-30-59)51-43-19-16-40(62)27-47(43)69-48-28-41(63)17-20-44(48)51/h5-10,13-20,26-28,30-31,36-37,52,61-62H,4,11-12,21-25,29H2,1-3H3,(H2,55,65)(H,56,66)(H,57,70)(H,58,67)/t31?,36-,37+,52+/m1/s1. The van der Waals surface area contributed by atoms with E-state index in [0.717, 1.165) is 16.7 Å². The molecule has 4 aromatic rings. The van der Waals surface area contributed by atoms with Crippen LogP contribution in [0, 0.1) is 17.8 Å². The van der Waals surface area contributed by atoms with Crippen LogP contribution >= 0.6 is 12.2 Å². The van der Waals surface area contributed by atoms with Gasteiger partial charge in [0.2, 0.25) is 17.7 Å². The summed E-state index contributed by atoms with van der Waals surface area (Å²) in [5, 5.41) is 29.5. The lowest BCUT2D eigenvalue weighted by Gasteiger charge is -2.27. The Kier molecular flexibility index (Phi) is 17.7. The number of rotatable bonds is 24. The quantitative estimate of drug-likeness (QED) is 0.0194. The number of nitrogens with one attached hydrogen (secondary N) is 3. The number of ether oxygens (including phenoxy) is 1. The molecule has 6 rings (SSSR count). The van der Waals surface area contributed by atoms with Crippen LogP contribution in [-0.4, -0.2) is 57.0 Å². The molecule has 70 heavy (non-hydrogen) atoms. The first-order chi connectivity index (χ1) is 33.5. The number of aryl methyl sites for hydroxylation is 1. The average molecular weight is 969 g/mol. The van der Waals surface area contributed by atoms with Crippen molar-refractivity contribution in [2.75, 3.05) is 5.32 Å². The molecule has 0 saturated heterocycles. The minimum absolute atomic E-state index is 0.0212. The smallest absolute Gasteiger partial charge is 0.298 e. The number of anilines is 1. The van der Waals surface area contributed by atoms with Crippen molar-refractivity contribution in [1.29, 1.82) is 0 Å². The Bertz CT molecular complexity index is 2920. The number of nitrogens with two attached hydrogens (primary N) is 1. The van der Waals surface area contributed by atoms with Crippen LogP contribution in [-0.2, 0) is 48.2 Å². The second-order valence-electron chi connectivity index (χ2n) is 17.5. The molecule has 16 heteroatoms.